The third-order valence-corrected chi connectivity index (χ3v) is 0. The molecule has 0 saturated carbocycles. The zero-order chi connectivity index (χ0) is 2.71. The van der Waals surface area contributed by atoms with Crippen LogP contribution in [0.2, 0.25) is 0 Å². The molecule has 24 valence electrons. The minimum atomic E-state index is 0. The van der Waals surface area contributed by atoms with E-state index < -0.39 is 0 Å². The van der Waals surface area contributed by atoms with Gasteiger partial charge in [0.1, 0.15) is 0 Å². The van der Waals surface area contributed by atoms with Crippen molar-refractivity contribution in [2.75, 3.05) is 0 Å². The molecule has 0 bridgehead atoms. The minimum Gasteiger partial charge on any atom is -0.463 e. The van der Waals surface area contributed by atoms with E-state index in [0.717, 1.165) is 0 Å². The smallest absolute Gasteiger partial charge is 0.237 e. The molecule has 4 heteroatoms. The Morgan fingerprint density at radius 1 is 1.75 bits per heavy atom. The van der Waals surface area contributed by atoms with Crippen molar-refractivity contribution < 1.29 is 0 Å². The van der Waals surface area contributed by atoms with Crippen LogP contribution >= 0.6 is 0 Å². The lowest BCUT2D eigenvalue weighted by molar-refractivity contribution is 1.48. The van der Waals surface area contributed by atoms with Gasteiger partial charge < -0.3 is 5.21 Å². The standard InChI is InChI=1S/N2O.H4Si/c1-2-3;/h;1H4. The molecule has 0 amide bonds. The van der Waals surface area contributed by atoms with E-state index in [9.17, 15) is 0 Å². The Bertz CT molecular complexity index is 27.5. The van der Waals surface area contributed by atoms with Gasteiger partial charge in [0.25, 0.3) is 0 Å². The molecule has 0 atom stereocenters. The Kier molecular flexibility index (Phi) is 65.1. The highest BCUT2D eigenvalue weighted by Crippen LogP contribution is 1.32. The van der Waals surface area contributed by atoms with Gasteiger partial charge in [-0.15, -0.1) is 0 Å². The second-order valence-electron chi connectivity index (χ2n) is 0.0816. The highest BCUT2D eigenvalue weighted by molar-refractivity contribution is 5.75. The maximum atomic E-state index is 8.11. The summed E-state index contributed by atoms with van der Waals surface area (Å²) >= 11 is 0. The average molecular weight is 76.1 g/mol. The Balaban J connectivity index is 0. The van der Waals surface area contributed by atoms with Gasteiger partial charge >= 0.3 is 0 Å². The van der Waals surface area contributed by atoms with Crippen LogP contribution < -0.4 is 0 Å². The van der Waals surface area contributed by atoms with Crippen molar-refractivity contribution in [3.63, 3.8) is 0 Å². The highest BCUT2D eigenvalue weighted by Gasteiger charge is 1.19. The summed E-state index contributed by atoms with van der Waals surface area (Å²) in [7, 11) is 0. The number of nitrogens with zero attached hydrogens (tertiary/aromatic N) is 2. The summed E-state index contributed by atoms with van der Waals surface area (Å²) in [4.78, 5) is 0. The predicted octanol–water partition coefficient (Wildman–Crippen LogP) is -1.11. The monoisotopic (exact) mass is 76.0 g/mol. The van der Waals surface area contributed by atoms with Gasteiger partial charge in [-0.25, -0.2) is 0 Å². The fourth-order valence-electron chi connectivity index (χ4n) is 0. The summed E-state index contributed by atoms with van der Waals surface area (Å²) in [6.07, 6.45) is 0. The molecule has 0 aliphatic rings. The lowest BCUT2D eigenvalue weighted by Crippen LogP contribution is -1.00. The third-order valence-electron chi connectivity index (χ3n) is 0. The van der Waals surface area contributed by atoms with Crippen molar-refractivity contribution in [2.24, 2.45) is 0 Å². The minimum absolute atomic E-state index is 0. The van der Waals surface area contributed by atoms with E-state index in [4.69, 9.17) is 10.6 Å². The summed E-state index contributed by atoms with van der Waals surface area (Å²) in [5.74, 6) is 0. The fourth-order valence-corrected chi connectivity index (χ4v) is 0. The summed E-state index contributed by atoms with van der Waals surface area (Å²) in [5, 5.41) is 16.0. The zero-order valence-corrected chi connectivity index (χ0v) is 1.30. The van der Waals surface area contributed by atoms with Crippen molar-refractivity contribution in [1.82, 2.24) is 0 Å². The van der Waals surface area contributed by atoms with Crippen LogP contribution in [0.25, 0.3) is 5.14 Å². The van der Waals surface area contributed by atoms with Crippen molar-refractivity contribution >= 4 is 11.0 Å². The molecule has 0 aliphatic heterocycles. The van der Waals surface area contributed by atoms with Gasteiger partial charge in [-0.2, -0.15) is 0 Å². The lowest BCUT2D eigenvalue weighted by atomic mass is 13.2. The number of hydrogen-bond donors (Lipinski definition) is 0. The van der Waals surface area contributed by atoms with E-state index in [1.54, 1.807) is 0 Å². The first-order valence-corrected chi connectivity index (χ1v) is 0.383. The Hall–Kier alpha value is -0.563. The molecule has 0 fully saturated rings. The van der Waals surface area contributed by atoms with Crippen LogP contribution in [-0.2, 0) is 0 Å². The Morgan fingerprint density at radius 3 is 1.75 bits per heavy atom. The van der Waals surface area contributed by atoms with E-state index in [-0.39, 0.29) is 11.0 Å². The molecule has 4 heavy (non-hydrogen) atoms. The summed E-state index contributed by atoms with van der Waals surface area (Å²) < 4.78 is 0. The van der Waals surface area contributed by atoms with Gasteiger partial charge in [-0.05, 0) is 11.0 Å². The van der Waals surface area contributed by atoms with Crippen molar-refractivity contribution in [3.8, 4) is 0 Å². The van der Waals surface area contributed by atoms with Gasteiger partial charge in [0.2, 0.25) is 10.5 Å². The van der Waals surface area contributed by atoms with Crippen LogP contribution in [0.1, 0.15) is 0 Å². The summed E-state index contributed by atoms with van der Waals surface area (Å²) in [6.45, 7) is 0. The van der Waals surface area contributed by atoms with E-state index in [1.807, 2.05) is 0 Å². The van der Waals surface area contributed by atoms with Gasteiger partial charge in [0.05, 0.1) is 0 Å². The Labute approximate surface area is 27.9 Å². The molecule has 0 aromatic rings. The van der Waals surface area contributed by atoms with Crippen LogP contribution in [0.4, 0.5) is 0 Å². The molecular weight excluding hydrogens is 72.1 g/mol. The second kappa shape index (κ2) is 26.4. The van der Waals surface area contributed by atoms with Crippen LogP contribution in [0.3, 0.4) is 0 Å². The maximum absolute atomic E-state index is 8.11. The molecule has 0 radical (unpaired) electrons. The third kappa shape index (κ3) is 0.865. The number of hydrogen-bond acceptors (Lipinski definition) is 2. The van der Waals surface area contributed by atoms with E-state index in [1.165, 1.54) is 5.14 Å². The van der Waals surface area contributed by atoms with Gasteiger partial charge in [-0.3, -0.25) is 0 Å². The van der Waals surface area contributed by atoms with Gasteiger partial charge in [0.15, 0.2) is 0 Å². The lowest BCUT2D eigenvalue weighted by Gasteiger charge is -1.26. The molecule has 0 aromatic carbocycles. The van der Waals surface area contributed by atoms with Crippen molar-refractivity contribution in [3.05, 3.63) is 10.3 Å². The highest BCUT2D eigenvalue weighted by atomic mass is 28.1. The van der Waals surface area contributed by atoms with E-state index in [2.05, 4.69) is 0 Å². The molecule has 0 aliphatic carbocycles. The molecular formula is H4N2OSi. The number of diazo groups is 1. The number of rotatable bonds is 0. The quantitative estimate of drug-likeness (QED) is 0.208. The normalized spacial score (nSPS) is 1.75. The molecule has 0 saturated heterocycles. The molecule has 0 aromatic heterocycles. The zero-order valence-electron chi connectivity index (χ0n) is 1.30. The van der Waals surface area contributed by atoms with Gasteiger partial charge in [0, 0.05) is 0 Å². The topological polar surface area (TPSA) is 51.2 Å². The fraction of sp³-hybridized carbons (Fsp3) is 0. The first-order valence-electron chi connectivity index (χ1n) is 0.383. The van der Waals surface area contributed by atoms with E-state index in [0.29, 0.717) is 0 Å². The summed E-state index contributed by atoms with van der Waals surface area (Å²) in [6, 6.07) is 0. The SMILES string of the molecule is N#[N+][O-].[SiH4]. The van der Waals surface area contributed by atoms with Crippen LogP contribution in [0.5, 0.6) is 0 Å². The Morgan fingerprint density at radius 2 is 1.75 bits per heavy atom. The first-order chi connectivity index (χ1) is 1.41. The molecule has 0 heterocycles. The van der Waals surface area contributed by atoms with Crippen molar-refractivity contribution in [2.45, 2.75) is 0 Å². The molecule has 3 nitrogen and oxygen atoms in total. The molecule has 0 spiro atoms. The maximum Gasteiger partial charge on any atom is 0.237 e. The first kappa shape index (κ1) is 9.89. The van der Waals surface area contributed by atoms with Crippen LogP contribution in [0.15, 0.2) is 0 Å². The predicted molar refractivity (Wildman–Crippen MR) is 19.8 cm³/mol. The van der Waals surface area contributed by atoms with Crippen LogP contribution in [-0.4, -0.2) is 11.0 Å². The van der Waals surface area contributed by atoms with Crippen LogP contribution in [0, 0.1) is 10.6 Å². The molecule has 0 rings (SSSR count). The van der Waals surface area contributed by atoms with Gasteiger partial charge in [-0.1, -0.05) is 0 Å². The molecule has 0 N–H and O–H groups in total. The summed E-state index contributed by atoms with van der Waals surface area (Å²) in [5.41, 5.74) is 0. The molecule has 0 unspecified atom stereocenters. The average Bonchev–Trinajstić information content (AvgIpc) is 0.918. The van der Waals surface area contributed by atoms with E-state index >= 15 is 0 Å². The second-order valence-corrected chi connectivity index (χ2v) is 0.0816. The largest absolute Gasteiger partial charge is 0.463 e. The van der Waals surface area contributed by atoms with Crippen molar-refractivity contribution in [1.29, 1.82) is 5.39 Å².